The first-order valence-corrected chi connectivity index (χ1v) is 8.38. The Labute approximate surface area is 138 Å². The predicted octanol–water partition coefficient (Wildman–Crippen LogP) is 5.26. The van der Waals surface area contributed by atoms with Crippen LogP contribution in [0.1, 0.15) is 10.4 Å². The van der Waals surface area contributed by atoms with E-state index in [0.717, 1.165) is 27.6 Å². The van der Waals surface area contributed by atoms with Crippen molar-refractivity contribution < 1.29 is 5.11 Å². The summed E-state index contributed by atoms with van der Waals surface area (Å²) < 4.78 is 0. The Bertz CT molecular complexity index is 960. The highest BCUT2D eigenvalue weighted by Crippen LogP contribution is 2.33. The number of aromatic nitrogens is 1. The van der Waals surface area contributed by atoms with Gasteiger partial charge in [0.1, 0.15) is 5.75 Å². The van der Waals surface area contributed by atoms with Crippen molar-refractivity contribution in [2.24, 2.45) is 0 Å². The summed E-state index contributed by atoms with van der Waals surface area (Å²) in [5.41, 5.74) is 4.92. The first-order valence-electron chi connectivity index (χ1n) is 7.50. The van der Waals surface area contributed by atoms with Crippen molar-refractivity contribution in [3.8, 4) is 17.0 Å². The molecule has 0 fully saturated rings. The quantitative estimate of drug-likeness (QED) is 0.559. The van der Waals surface area contributed by atoms with Crippen molar-refractivity contribution in [2.45, 2.75) is 6.42 Å². The Kier molecular flexibility index (Phi) is 3.56. The van der Waals surface area contributed by atoms with Gasteiger partial charge in [0, 0.05) is 22.2 Å². The molecule has 0 aliphatic heterocycles. The van der Waals surface area contributed by atoms with Crippen LogP contribution >= 0.6 is 11.3 Å². The van der Waals surface area contributed by atoms with Crippen molar-refractivity contribution in [1.29, 1.82) is 0 Å². The van der Waals surface area contributed by atoms with Crippen molar-refractivity contribution in [1.82, 2.24) is 4.98 Å². The van der Waals surface area contributed by atoms with Crippen LogP contribution in [0.3, 0.4) is 0 Å². The summed E-state index contributed by atoms with van der Waals surface area (Å²) in [5, 5.41) is 12.5. The summed E-state index contributed by atoms with van der Waals surface area (Å²) in [5.74, 6) is 0.371. The second-order valence-corrected chi connectivity index (χ2v) is 6.40. The third-order valence-corrected chi connectivity index (χ3v) is 4.86. The number of phenols is 1. The zero-order chi connectivity index (χ0) is 15.6. The first-order chi connectivity index (χ1) is 11.3. The molecule has 0 saturated heterocycles. The molecule has 0 amide bonds. The van der Waals surface area contributed by atoms with Crippen LogP contribution in [0.4, 0.5) is 0 Å². The minimum Gasteiger partial charge on any atom is -0.507 e. The lowest BCUT2D eigenvalue weighted by Crippen LogP contribution is -1.90. The van der Waals surface area contributed by atoms with Crippen LogP contribution in [0.5, 0.6) is 5.75 Å². The molecule has 4 aromatic rings. The smallest absolute Gasteiger partial charge is 0.126 e. The molecule has 3 aromatic carbocycles. The maximum atomic E-state index is 10.6. The van der Waals surface area contributed by atoms with E-state index in [2.05, 4.69) is 23.2 Å². The molecule has 0 radical (unpaired) electrons. The number of thiazole rings is 1. The van der Waals surface area contributed by atoms with Crippen LogP contribution in [-0.2, 0) is 6.42 Å². The average molecular weight is 317 g/mol. The molecule has 23 heavy (non-hydrogen) atoms. The zero-order valence-electron chi connectivity index (χ0n) is 12.4. The fourth-order valence-corrected chi connectivity index (χ4v) is 3.65. The van der Waals surface area contributed by atoms with Gasteiger partial charge >= 0.3 is 0 Å². The molecular weight excluding hydrogens is 302 g/mol. The number of nitrogens with zero attached hydrogens (tertiary/aromatic N) is 1. The maximum Gasteiger partial charge on any atom is 0.126 e. The van der Waals surface area contributed by atoms with Crippen LogP contribution in [0.15, 0.2) is 72.2 Å². The van der Waals surface area contributed by atoms with Crippen LogP contribution in [0, 0.1) is 0 Å². The number of rotatable bonds is 3. The van der Waals surface area contributed by atoms with Gasteiger partial charge in [-0.2, -0.15) is 0 Å². The summed E-state index contributed by atoms with van der Waals surface area (Å²) >= 11 is 1.63. The van der Waals surface area contributed by atoms with Gasteiger partial charge in [-0.3, -0.25) is 0 Å². The second kappa shape index (κ2) is 5.86. The Balaban J connectivity index is 1.75. The lowest BCUT2D eigenvalue weighted by Gasteiger charge is -2.08. The number of hydrogen-bond donors (Lipinski definition) is 1. The Morgan fingerprint density at radius 1 is 0.870 bits per heavy atom. The van der Waals surface area contributed by atoms with Crippen molar-refractivity contribution in [2.75, 3.05) is 0 Å². The van der Waals surface area contributed by atoms with Gasteiger partial charge in [-0.05, 0) is 10.9 Å². The highest BCUT2D eigenvalue weighted by Gasteiger charge is 2.12. The fourth-order valence-electron chi connectivity index (χ4n) is 2.84. The molecule has 0 saturated carbocycles. The number of benzene rings is 3. The SMILES string of the molecule is Oc1c(Cc2scnc2-c2ccccc2)ccc2ccccc12. The molecule has 3 heteroatoms. The average Bonchev–Trinajstić information content (AvgIpc) is 3.07. The normalized spacial score (nSPS) is 11.0. The van der Waals surface area contributed by atoms with E-state index in [1.165, 1.54) is 4.88 Å². The fraction of sp³-hybridized carbons (Fsp3) is 0.0500. The van der Waals surface area contributed by atoms with Crippen LogP contribution < -0.4 is 0 Å². The third kappa shape index (κ3) is 2.60. The van der Waals surface area contributed by atoms with Crippen molar-refractivity contribution >= 4 is 22.1 Å². The van der Waals surface area contributed by atoms with E-state index in [0.29, 0.717) is 12.2 Å². The van der Waals surface area contributed by atoms with Gasteiger partial charge in [0.25, 0.3) is 0 Å². The zero-order valence-corrected chi connectivity index (χ0v) is 13.3. The number of aromatic hydroxyl groups is 1. The topological polar surface area (TPSA) is 33.1 Å². The van der Waals surface area contributed by atoms with Gasteiger partial charge in [0.2, 0.25) is 0 Å². The van der Waals surface area contributed by atoms with E-state index < -0.39 is 0 Å². The minimum absolute atomic E-state index is 0.371. The summed E-state index contributed by atoms with van der Waals surface area (Å²) in [7, 11) is 0. The monoisotopic (exact) mass is 317 g/mol. The van der Waals surface area contributed by atoms with Gasteiger partial charge in [-0.25, -0.2) is 4.98 Å². The van der Waals surface area contributed by atoms with E-state index in [1.54, 1.807) is 11.3 Å². The lowest BCUT2D eigenvalue weighted by molar-refractivity contribution is 0.476. The molecule has 0 bridgehead atoms. The van der Waals surface area contributed by atoms with Gasteiger partial charge in [-0.1, -0.05) is 66.7 Å². The summed E-state index contributed by atoms with van der Waals surface area (Å²) in [6.07, 6.45) is 0.686. The predicted molar refractivity (Wildman–Crippen MR) is 96.0 cm³/mol. The lowest BCUT2D eigenvalue weighted by atomic mass is 10.0. The molecule has 1 heterocycles. The second-order valence-electron chi connectivity index (χ2n) is 5.46. The summed E-state index contributed by atoms with van der Waals surface area (Å²) in [6, 6.07) is 22.2. The number of hydrogen-bond acceptors (Lipinski definition) is 3. The van der Waals surface area contributed by atoms with Crippen LogP contribution in [-0.4, -0.2) is 10.1 Å². The van der Waals surface area contributed by atoms with Crippen LogP contribution in [0.2, 0.25) is 0 Å². The Morgan fingerprint density at radius 3 is 2.52 bits per heavy atom. The van der Waals surface area contributed by atoms with Crippen molar-refractivity contribution in [3.63, 3.8) is 0 Å². The van der Waals surface area contributed by atoms with E-state index in [4.69, 9.17) is 0 Å². The maximum absolute atomic E-state index is 10.6. The number of fused-ring (bicyclic) bond motifs is 1. The first kappa shape index (κ1) is 14.0. The molecule has 1 aromatic heterocycles. The molecule has 0 aliphatic carbocycles. The highest BCUT2D eigenvalue weighted by molar-refractivity contribution is 7.10. The molecule has 0 unspecified atom stereocenters. The molecule has 0 spiro atoms. The standard InChI is InChI=1S/C20H15NOS/c22-20-16(11-10-14-6-4-5-9-17(14)20)12-18-19(21-13-23-18)15-7-2-1-3-8-15/h1-11,13,22H,12H2. The molecule has 4 rings (SSSR count). The third-order valence-electron chi connectivity index (χ3n) is 4.02. The van der Waals surface area contributed by atoms with E-state index in [-0.39, 0.29) is 0 Å². The molecular formula is C20H15NOS. The molecule has 2 nitrogen and oxygen atoms in total. The summed E-state index contributed by atoms with van der Waals surface area (Å²) in [4.78, 5) is 5.68. The van der Waals surface area contributed by atoms with E-state index >= 15 is 0 Å². The van der Waals surface area contributed by atoms with Gasteiger partial charge in [-0.15, -0.1) is 11.3 Å². The van der Waals surface area contributed by atoms with Crippen LogP contribution in [0.25, 0.3) is 22.0 Å². The highest BCUT2D eigenvalue weighted by atomic mass is 32.1. The molecule has 0 atom stereocenters. The van der Waals surface area contributed by atoms with E-state index in [1.807, 2.05) is 54.0 Å². The Hall–Kier alpha value is -2.65. The van der Waals surface area contributed by atoms with Crippen molar-refractivity contribution in [3.05, 3.63) is 82.7 Å². The van der Waals surface area contributed by atoms with Gasteiger partial charge in [0.15, 0.2) is 0 Å². The summed E-state index contributed by atoms with van der Waals surface area (Å²) in [6.45, 7) is 0. The number of phenolic OH excluding ortho intramolecular Hbond substituents is 1. The largest absolute Gasteiger partial charge is 0.507 e. The molecule has 0 aliphatic rings. The van der Waals surface area contributed by atoms with Gasteiger partial charge in [0.05, 0.1) is 11.2 Å². The molecule has 112 valence electrons. The minimum atomic E-state index is 0.371. The van der Waals surface area contributed by atoms with E-state index in [9.17, 15) is 5.11 Å². The molecule has 1 N–H and O–H groups in total. The van der Waals surface area contributed by atoms with Gasteiger partial charge < -0.3 is 5.11 Å². The Morgan fingerprint density at radius 2 is 1.65 bits per heavy atom.